The lowest BCUT2D eigenvalue weighted by atomic mass is 10.1. The summed E-state index contributed by atoms with van der Waals surface area (Å²) in [6.07, 6.45) is 1.62. The zero-order valence-corrected chi connectivity index (χ0v) is 18.9. The average molecular weight is 460 g/mol. The molecule has 174 valence electrons. The number of anilines is 4. The summed E-state index contributed by atoms with van der Waals surface area (Å²) in [7, 11) is 0. The normalized spacial score (nSPS) is 15.2. The molecule has 2 aromatic carbocycles. The molecule has 2 heterocycles. The molecule has 2 N–H and O–H groups in total. The van der Waals surface area contributed by atoms with Crippen LogP contribution in [-0.2, 0) is 14.3 Å². The zero-order valence-electron chi connectivity index (χ0n) is 18.9. The fraction of sp³-hybridized carbons (Fsp3) is 0.240. The first kappa shape index (κ1) is 22.9. The van der Waals surface area contributed by atoms with E-state index in [1.54, 1.807) is 48.2 Å². The predicted octanol–water partition coefficient (Wildman–Crippen LogP) is 3.70. The fourth-order valence-corrected chi connectivity index (χ4v) is 3.68. The predicted molar refractivity (Wildman–Crippen MR) is 128 cm³/mol. The molecule has 1 atom stereocenters. The van der Waals surface area contributed by atoms with Crippen LogP contribution < -0.4 is 15.5 Å². The van der Waals surface area contributed by atoms with Gasteiger partial charge < -0.3 is 20.3 Å². The topological polar surface area (TPSA) is 114 Å². The summed E-state index contributed by atoms with van der Waals surface area (Å²) in [6, 6.07) is 15.7. The number of rotatable bonds is 7. The van der Waals surface area contributed by atoms with Crippen molar-refractivity contribution in [2.45, 2.75) is 20.3 Å². The van der Waals surface area contributed by atoms with Crippen LogP contribution in [-0.4, -0.2) is 40.9 Å². The molecular weight excluding hydrogens is 434 g/mol. The Morgan fingerprint density at radius 1 is 1.06 bits per heavy atom. The Kier molecular flexibility index (Phi) is 6.82. The summed E-state index contributed by atoms with van der Waals surface area (Å²) in [5, 5.41) is 6.07. The van der Waals surface area contributed by atoms with Crippen molar-refractivity contribution in [3.63, 3.8) is 0 Å². The van der Waals surface area contributed by atoms with Gasteiger partial charge in [-0.05, 0) is 62.4 Å². The van der Waals surface area contributed by atoms with E-state index in [9.17, 15) is 14.4 Å². The summed E-state index contributed by atoms with van der Waals surface area (Å²) in [6.45, 7) is 4.20. The van der Waals surface area contributed by atoms with Crippen molar-refractivity contribution >= 4 is 40.7 Å². The van der Waals surface area contributed by atoms with E-state index < -0.39 is 11.9 Å². The molecule has 3 aromatic rings. The number of nitrogens with zero attached hydrogens (tertiary/aromatic N) is 3. The number of ether oxygens (including phenoxy) is 1. The Labute approximate surface area is 197 Å². The molecule has 0 saturated carbocycles. The minimum atomic E-state index is -0.473. The molecule has 34 heavy (non-hydrogen) atoms. The minimum absolute atomic E-state index is 0.123. The van der Waals surface area contributed by atoms with Gasteiger partial charge in [0.15, 0.2) is 0 Å². The highest BCUT2D eigenvalue weighted by atomic mass is 16.5. The van der Waals surface area contributed by atoms with Crippen LogP contribution in [0.25, 0.3) is 0 Å². The molecule has 4 rings (SSSR count). The van der Waals surface area contributed by atoms with E-state index in [0.717, 1.165) is 11.4 Å². The van der Waals surface area contributed by atoms with Gasteiger partial charge in [0.05, 0.1) is 18.1 Å². The SMILES string of the molecule is CCOC(=O)c1ccc(N2CC(C(=O)Nc3ccc(Nc4cc(C)ncn4)cc3)CC2=O)cc1. The van der Waals surface area contributed by atoms with Gasteiger partial charge in [-0.3, -0.25) is 9.59 Å². The fourth-order valence-electron chi connectivity index (χ4n) is 3.68. The standard InChI is InChI=1S/C25H25N5O4/c1-3-34-25(33)17-4-10-21(11-5-17)30-14-18(13-23(30)31)24(32)29-20-8-6-19(7-9-20)28-22-12-16(2)26-15-27-22/h4-12,15,18H,3,13-14H2,1-2H3,(H,29,32)(H,26,27,28). The van der Waals surface area contributed by atoms with Crippen molar-refractivity contribution < 1.29 is 19.1 Å². The Balaban J connectivity index is 1.35. The lowest BCUT2D eigenvalue weighted by Crippen LogP contribution is -2.28. The first-order chi connectivity index (χ1) is 16.4. The number of amides is 2. The summed E-state index contributed by atoms with van der Waals surface area (Å²) in [4.78, 5) is 46.9. The molecule has 1 aliphatic heterocycles. The Hall–Kier alpha value is -4.27. The van der Waals surface area contributed by atoms with E-state index in [1.165, 1.54) is 6.33 Å². The highest BCUT2D eigenvalue weighted by Crippen LogP contribution is 2.27. The summed E-state index contributed by atoms with van der Waals surface area (Å²) >= 11 is 0. The highest BCUT2D eigenvalue weighted by molar-refractivity contribution is 6.03. The van der Waals surface area contributed by atoms with Crippen molar-refractivity contribution in [2.24, 2.45) is 5.92 Å². The number of benzene rings is 2. The molecule has 0 bridgehead atoms. The number of nitrogens with one attached hydrogen (secondary N) is 2. The van der Waals surface area contributed by atoms with E-state index in [2.05, 4.69) is 20.6 Å². The van der Waals surface area contributed by atoms with Crippen LogP contribution in [0, 0.1) is 12.8 Å². The van der Waals surface area contributed by atoms with Gasteiger partial charge in [-0.2, -0.15) is 0 Å². The van der Waals surface area contributed by atoms with E-state index >= 15 is 0 Å². The molecular formula is C25H25N5O4. The summed E-state index contributed by atoms with van der Waals surface area (Å²) < 4.78 is 4.98. The first-order valence-electron chi connectivity index (χ1n) is 11.0. The van der Waals surface area contributed by atoms with E-state index in [-0.39, 0.29) is 24.8 Å². The minimum Gasteiger partial charge on any atom is -0.462 e. The maximum Gasteiger partial charge on any atom is 0.338 e. The van der Waals surface area contributed by atoms with Gasteiger partial charge in [0.2, 0.25) is 11.8 Å². The maximum atomic E-state index is 12.8. The largest absolute Gasteiger partial charge is 0.462 e. The van der Waals surface area contributed by atoms with Crippen molar-refractivity contribution in [1.82, 2.24) is 9.97 Å². The van der Waals surface area contributed by atoms with Gasteiger partial charge in [0.1, 0.15) is 12.1 Å². The second-order valence-corrected chi connectivity index (χ2v) is 7.91. The number of aromatic nitrogens is 2. The molecule has 2 amide bonds. The first-order valence-corrected chi connectivity index (χ1v) is 11.0. The zero-order chi connectivity index (χ0) is 24.1. The number of aryl methyl sites for hydroxylation is 1. The van der Waals surface area contributed by atoms with Crippen LogP contribution in [0.4, 0.5) is 22.9 Å². The van der Waals surface area contributed by atoms with E-state index in [4.69, 9.17) is 4.74 Å². The molecule has 1 fully saturated rings. The number of carbonyl (C=O) groups is 3. The smallest absolute Gasteiger partial charge is 0.338 e. The van der Waals surface area contributed by atoms with Gasteiger partial charge in [0.25, 0.3) is 0 Å². The third-order valence-electron chi connectivity index (χ3n) is 5.41. The number of hydrogen-bond acceptors (Lipinski definition) is 7. The summed E-state index contributed by atoms with van der Waals surface area (Å²) in [5.74, 6) is -0.551. The summed E-state index contributed by atoms with van der Waals surface area (Å²) in [5.41, 5.74) is 3.38. The third-order valence-corrected chi connectivity index (χ3v) is 5.41. The number of carbonyl (C=O) groups excluding carboxylic acids is 3. The van der Waals surface area contributed by atoms with E-state index in [1.807, 2.05) is 25.1 Å². The third kappa shape index (κ3) is 5.37. The Morgan fingerprint density at radius 3 is 2.44 bits per heavy atom. The molecule has 0 aliphatic carbocycles. The average Bonchev–Trinajstić information content (AvgIpc) is 3.22. The monoisotopic (exact) mass is 459 g/mol. The van der Waals surface area contributed by atoms with Gasteiger partial charge in [-0.1, -0.05) is 0 Å². The Morgan fingerprint density at radius 2 is 1.76 bits per heavy atom. The molecule has 1 aromatic heterocycles. The Bertz CT molecular complexity index is 1190. The lowest BCUT2D eigenvalue weighted by Gasteiger charge is -2.17. The van der Waals surface area contributed by atoms with Gasteiger partial charge in [0, 0.05) is 41.8 Å². The van der Waals surface area contributed by atoms with Crippen molar-refractivity contribution in [3.8, 4) is 0 Å². The van der Waals surface area contributed by atoms with Gasteiger partial charge >= 0.3 is 5.97 Å². The van der Waals surface area contributed by atoms with Crippen LogP contribution in [0.15, 0.2) is 60.9 Å². The number of esters is 1. The van der Waals surface area contributed by atoms with Crippen LogP contribution >= 0.6 is 0 Å². The van der Waals surface area contributed by atoms with Gasteiger partial charge in [-0.25, -0.2) is 14.8 Å². The quantitative estimate of drug-likeness (QED) is 0.518. The lowest BCUT2D eigenvalue weighted by molar-refractivity contribution is -0.122. The molecule has 1 saturated heterocycles. The van der Waals surface area contributed by atoms with Crippen molar-refractivity contribution in [2.75, 3.05) is 28.7 Å². The van der Waals surface area contributed by atoms with E-state index in [0.29, 0.717) is 29.4 Å². The maximum absolute atomic E-state index is 12.8. The molecule has 1 aliphatic rings. The second kappa shape index (κ2) is 10.1. The molecule has 0 spiro atoms. The molecule has 1 unspecified atom stereocenters. The highest BCUT2D eigenvalue weighted by Gasteiger charge is 2.35. The van der Waals surface area contributed by atoms with Crippen molar-refractivity contribution in [3.05, 3.63) is 72.2 Å². The number of hydrogen-bond donors (Lipinski definition) is 2. The van der Waals surface area contributed by atoms with Crippen LogP contribution in [0.1, 0.15) is 29.4 Å². The molecule has 9 nitrogen and oxygen atoms in total. The van der Waals surface area contributed by atoms with Crippen molar-refractivity contribution in [1.29, 1.82) is 0 Å². The van der Waals surface area contributed by atoms with Crippen LogP contribution in [0.5, 0.6) is 0 Å². The second-order valence-electron chi connectivity index (χ2n) is 7.91. The molecule has 0 radical (unpaired) electrons. The van der Waals surface area contributed by atoms with Crippen LogP contribution in [0.2, 0.25) is 0 Å². The van der Waals surface area contributed by atoms with Crippen LogP contribution in [0.3, 0.4) is 0 Å². The molecule has 9 heteroatoms. The van der Waals surface area contributed by atoms with Gasteiger partial charge in [-0.15, -0.1) is 0 Å².